The Labute approximate surface area is 164 Å². The van der Waals surface area contributed by atoms with Crippen LogP contribution < -0.4 is 0 Å². The lowest BCUT2D eigenvalue weighted by Crippen LogP contribution is -2.03. The van der Waals surface area contributed by atoms with Crippen molar-refractivity contribution in [3.05, 3.63) is 81.8 Å². The van der Waals surface area contributed by atoms with Crippen LogP contribution in [-0.4, -0.2) is 17.6 Å². The molecule has 4 aromatic rings. The number of halogens is 1. The molecule has 0 spiro atoms. The molecule has 0 amide bonds. The maximum absolute atomic E-state index is 12.0. The number of rotatable bonds is 3. The Bertz CT molecular complexity index is 1220. The number of benzene rings is 3. The molecule has 0 atom stereocenters. The third kappa shape index (κ3) is 2.98. The van der Waals surface area contributed by atoms with E-state index in [0.29, 0.717) is 17.7 Å². The van der Waals surface area contributed by atoms with Gasteiger partial charge < -0.3 is 9.30 Å². The summed E-state index contributed by atoms with van der Waals surface area (Å²) in [6, 6.07) is 21.7. The molecule has 4 rings (SSSR count). The molecule has 27 heavy (non-hydrogen) atoms. The van der Waals surface area contributed by atoms with Crippen molar-refractivity contribution >= 4 is 43.7 Å². The van der Waals surface area contributed by atoms with Gasteiger partial charge in [-0.3, -0.25) is 0 Å². The van der Waals surface area contributed by atoms with E-state index >= 15 is 0 Å². The van der Waals surface area contributed by atoms with Crippen LogP contribution in [0.3, 0.4) is 0 Å². The van der Waals surface area contributed by atoms with E-state index in [1.165, 1.54) is 7.11 Å². The minimum Gasteiger partial charge on any atom is -0.465 e. The second kappa shape index (κ2) is 6.90. The molecule has 5 heteroatoms. The molecule has 0 aliphatic rings. The molecule has 0 aliphatic carbocycles. The van der Waals surface area contributed by atoms with E-state index in [-0.39, 0.29) is 5.97 Å². The average molecular weight is 419 g/mol. The van der Waals surface area contributed by atoms with E-state index in [4.69, 9.17) is 4.74 Å². The molecule has 1 heterocycles. The molecule has 1 aromatic heterocycles. The van der Waals surface area contributed by atoms with Gasteiger partial charge in [-0.15, -0.1) is 0 Å². The van der Waals surface area contributed by atoms with Gasteiger partial charge in [0.1, 0.15) is 0 Å². The zero-order chi connectivity index (χ0) is 19.0. The first-order valence-electron chi connectivity index (χ1n) is 8.40. The Morgan fingerprint density at radius 3 is 2.59 bits per heavy atom. The first-order valence-corrected chi connectivity index (χ1v) is 9.19. The fraction of sp³-hybridized carbons (Fsp3) is 0.0909. The van der Waals surface area contributed by atoms with Crippen LogP contribution in [0.2, 0.25) is 0 Å². The van der Waals surface area contributed by atoms with Crippen molar-refractivity contribution in [1.82, 2.24) is 4.57 Å². The van der Waals surface area contributed by atoms with Gasteiger partial charge in [-0.1, -0.05) is 52.3 Å². The predicted molar refractivity (Wildman–Crippen MR) is 109 cm³/mol. The highest BCUT2D eigenvalue weighted by Crippen LogP contribution is 2.35. The minimum absolute atomic E-state index is 0.380. The molecule has 0 aliphatic heterocycles. The van der Waals surface area contributed by atoms with E-state index in [0.717, 1.165) is 31.8 Å². The summed E-state index contributed by atoms with van der Waals surface area (Å²) in [5, 5.41) is 11.5. The van der Waals surface area contributed by atoms with Gasteiger partial charge in [0.05, 0.1) is 35.3 Å². The summed E-state index contributed by atoms with van der Waals surface area (Å²) >= 11 is 3.51. The van der Waals surface area contributed by atoms with Crippen LogP contribution in [0.5, 0.6) is 0 Å². The minimum atomic E-state index is -0.380. The normalized spacial score (nSPS) is 10.9. The molecule has 0 unspecified atom stereocenters. The SMILES string of the molecule is COC(=O)c1ccc2c3c(C#N)cc(Br)cc3n(Cc3ccccc3)c2c1. The summed E-state index contributed by atoms with van der Waals surface area (Å²) in [6.45, 7) is 0.632. The van der Waals surface area contributed by atoms with Gasteiger partial charge in [-0.25, -0.2) is 4.79 Å². The van der Waals surface area contributed by atoms with Gasteiger partial charge in [0.25, 0.3) is 0 Å². The largest absolute Gasteiger partial charge is 0.465 e. The van der Waals surface area contributed by atoms with E-state index in [9.17, 15) is 10.1 Å². The summed E-state index contributed by atoms with van der Waals surface area (Å²) in [5.41, 5.74) is 4.06. The van der Waals surface area contributed by atoms with Gasteiger partial charge in [-0.2, -0.15) is 5.26 Å². The van der Waals surface area contributed by atoms with Crippen LogP contribution in [0.15, 0.2) is 65.1 Å². The molecule has 0 fully saturated rings. The Morgan fingerprint density at radius 2 is 1.89 bits per heavy atom. The predicted octanol–water partition coefficient (Wildman–Crippen LogP) is 5.26. The van der Waals surface area contributed by atoms with E-state index in [1.807, 2.05) is 42.5 Å². The molecule has 0 saturated carbocycles. The number of aromatic nitrogens is 1. The van der Waals surface area contributed by atoms with E-state index < -0.39 is 0 Å². The summed E-state index contributed by atoms with van der Waals surface area (Å²) in [4.78, 5) is 12.0. The number of hydrogen-bond donors (Lipinski definition) is 0. The molecular weight excluding hydrogens is 404 g/mol. The average Bonchev–Trinajstić information content (AvgIpc) is 3.00. The lowest BCUT2D eigenvalue weighted by Gasteiger charge is -2.09. The number of fused-ring (bicyclic) bond motifs is 3. The monoisotopic (exact) mass is 418 g/mol. The Hall–Kier alpha value is -3.10. The second-order valence-electron chi connectivity index (χ2n) is 6.25. The highest BCUT2D eigenvalue weighted by Gasteiger charge is 2.17. The highest BCUT2D eigenvalue weighted by atomic mass is 79.9. The standard InChI is InChI=1S/C22H15BrN2O2/c1-27-22(26)15-7-8-18-19(10-15)25(13-14-5-3-2-4-6-14)20-11-17(23)9-16(12-24)21(18)20/h2-11H,13H2,1H3. The van der Waals surface area contributed by atoms with Gasteiger partial charge in [0.15, 0.2) is 0 Å². The van der Waals surface area contributed by atoms with Gasteiger partial charge in [-0.05, 0) is 29.8 Å². The van der Waals surface area contributed by atoms with Gasteiger partial charge in [0, 0.05) is 21.8 Å². The van der Waals surface area contributed by atoms with Crippen LogP contribution in [-0.2, 0) is 11.3 Å². The lowest BCUT2D eigenvalue weighted by atomic mass is 10.1. The summed E-state index contributed by atoms with van der Waals surface area (Å²) < 4.78 is 7.85. The number of nitriles is 1. The van der Waals surface area contributed by atoms with Crippen molar-refractivity contribution in [2.75, 3.05) is 7.11 Å². The van der Waals surface area contributed by atoms with E-state index in [1.54, 1.807) is 6.07 Å². The summed E-state index contributed by atoms with van der Waals surface area (Å²) in [5.74, 6) is -0.380. The Balaban J connectivity index is 2.08. The smallest absolute Gasteiger partial charge is 0.337 e. The third-order valence-electron chi connectivity index (χ3n) is 4.66. The van der Waals surface area contributed by atoms with Crippen molar-refractivity contribution in [1.29, 1.82) is 5.26 Å². The quantitative estimate of drug-likeness (QED) is 0.426. The van der Waals surface area contributed by atoms with Crippen LogP contribution in [0.4, 0.5) is 0 Å². The zero-order valence-corrected chi connectivity index (χ0v) is 16.2. The Kier molecular flexibility index (Phi) is 4.43. The zero-order valence-electron chi connectivity index (χ0n) is 14.6. The number of ether oxygens (including phenoxy) is 1. The highest BCUT2D eigenvalue weighted by molar-refractivity contribution is 9.10. The number of methoxy groups -OCH3 is 1. The van der Waals surface area contributed by atoms with Crippen LogP contribution in [0.25, 0.3) is 21.8 Å². The van der Waals surface area contributed by atoms with Crippen molar-refractivity contribution in [3.8, 4) is 6.07 Å². The number of nitrogens with zero attached hydrogens (tertiary/aromatic N) is 2. The van der Waals surface area contributed by atoms with Crippen molar-refractivity contribution < 1.29 is 9.53 Å². The number of carbonyl (C=O) groups excluding carboxylic acids is 1. The lowest BCUT2D eigenvalue weighted by molar-refractivity contribution is 0.0601. The van der Waals surface area contributed by atoms with Crippen LogP contribution >= 0.6 is 15.9 Å². The molecule has 0 radical (unpaired) electrons. The van der Waals surface area contributed by atoms with Gasteiger partial charge in [0.2, 0.25) is 0 Å². The molecule has 0 N–H and O–H groups in total. The first-order chi connectivity index (χ1) is 13.1. The molecule has 0 bridgehead atoms. The van der Waals surface area contributed by atoms with Crippen LogP contribution in [0.1, 0.15) is 21.5 Å². The first kappa shape index (κ1) is 17.3. The molecule has 0 saturated heterocycles. The second-order valence-corrected chi connectivity index (χ2v) is 7.17. The topological polar surface area (TPSA) is 55.0 Å². The fourth-order valence-corrected chi connectivity index (χ4v) is 3.90. The summed E-state index contributed by atoms with van der Waals surface area (Å²) in [7, 11) is 1.37. The van der Waals surface area contributed by atoms with Gasteiger partial charge >= 0.3 is 5.97 Å². The maximum Gasteiger partial charge on any atom is 0.337 e. The van der Waals surface area contributed by atoms with Crippen molar-refractivity contribution in [3.63, 3.8) is 0 Å². The number of esters is 1. The van der Waals surface area contributed by atoms with Crippen LogP contribution in [0, 0.1) is 11.3 Å². The van der Waals surface area contributed by atoms with Crippen molar-refractivity contribution in [2.45, 2.75) is 6.54 Å². The molecule has 4 nitrogen and oxygen atoms in total. The third-order valence-corrected chi connectivity index (χ3v) is 5.11. The molecule has 132 valence electrons. The maximum atomic E-state index is 12.0. The van der Waals surface area contributed by atoms with Crippen molar-refractivity contribution in [2.24, 2.45) is 0 Å². The summed E-state index contributed by atoms with van der Waals surface area (Å²) in [6.07, 6.45) is 0. The number of carbonyl (C=O) groups is 1. The number of hydrogen-bond acceptors (Lipinski definition) is 3. The fourth-order valence-electron chi connectivity index (χ4n) is 3.45. The van der Waals surface area contributed by atoms with E-state index in [2.05, 4.69) is 38.7 Å². The molecule has 3 aromatic carbocycles. The Morgan fingerprint density at radius 1 is 1.11 bits per heavy atom. The molecular formula is C22H15BrN2O2.